The molecule has 25 heavy (non-hydrogen) atoms. The van der Waals surface area contributed by atoms with Crippen LogP contribution in [0.1, 0.15) is 5.76 Å². The number of benzene rings is 1. The number of thiazole rings is 1. The van der Waals surface area contributed by atoms with E-state index in [1.165, 1.54) is 11.3 Å². The lowest BCUT2D eigenvalue weighted by atomic mass is 10.2. The molecule has 0 radical (unpaired) electrons. The lowest BCUT2D eigenvalue weighted by molar-refractivity contribution is 0.557. The summed E-state index contributed by atoms with van der Waals surface area (Å²) < 4.78 is 7.27. The average molecular weight is 370 g/mol. The van der Waals surface area contributed by atoms with Crippen molar-refractivity contribution in [2.45, 2.75) is 6.54 Å². The predicted molar refractivity (Wildman–Crippen MR) is 105 cm³/mol. The molecule has 0 N–H and O–H groups in total. The fourth-order valence-corrected chi connectivity index (χ4v) is 3.21. The molecule has 2 aromatic heterocycles. The summed E-state index contributed by atoms with van der Waals surface area (Å²) in [6.45, 7) is 4.48. The molecule has 0 spiro atoms. The van der Waals surface area contributed by atoms with Crippen molar-refractivity contribution in [3.05, 3.63) is 82.4 Å². The van der Waals surface area contributed by atoms with Gasteiger partial charge in [0.05, 0.1) is 12.0 Å². The van der Waals surface area contributed by atoms with Gasteiger partial charge >= 0.3 is 0 Å². The summed E-state index contributed by atoms with van der Waals surface area (Å²) >= 11 is 7.50. The number of allylic oxidation sites excluding steroid dienone is 2. The maximum absolute atomic E-state index is 5.97. The third-order valence-corrected chi connectivity index (χ3v) is 4.45. The van der Waals surface area contributed by atoms with E-state index in [0.717, 1.165) is 21.8 Å². The van der Waals surface area contributed by atoms with Crippen molar-refractivity contribution >= 4 is 35.2 Å². The largest absolute Gasteiger partial charge is 0.465 e. The van der Waals surface area contributed by atoms with Gasteiger partial charge in [0.1, 0.15) is 5.76 Å². The molecule has 0 saturated heterocycles. The van der Waals surface area contributed by atoms with E-state index in [1.807, 2.05) is 48.6 Å². The van der Waals surface area contributed by atoms with Gasteiger partial charge in [-0.3, -0.25) is 0 Å². The molecule has 4 nitrogen and oxygen atoms in total. The van der Waals surface area contributed by atoms with E-state index in [2.05, 4.69) is 26.7 Å². The van der Waals surface area contributed by atoms with Gasteiger partial charge in [-0.2, -0.15) is 5.10 Å². The zero-order chi connectivity index (χ0) is 17.5. The van der Waals surface area contributed by atoms with Crippen LogP contribution in [0.15, 0.2) is 81.4 Å². The van der Waals surface area contributed by atoms with Crippen LogP contribution >= 0.6 is 22.9 Å². The minimum absolute atomic E-state index is 0.651. The number of nitrogens with zero attached hydrogens (tertiary/aromatic N) is 3. The lowest BCUT2D eigenvalue weighted by Crippen LogP contribution is -2.14. The van der Waals surface area contributed by atoms with E-state index in [4.69, 9.17) is 16.0 Å². The van der Waals surface area contributed by atoms with Crippen LogP contribution in [0.25, 0.3) is 17.3 Å². The Morgan fingerprint density at radius 3 is 2.80 bits per heavy atom. The summed E-state index contributed by atoms with van der Waals surface area (Å²) in [5.74, 6) is 0.773. The summed E-state index contributed by atoms with van der Waals surface area (Å²) in [5.41, 5.74) is 2.13. The summed E-state index contributed by atoms with van der Waals surface area (Å²) in [6, 6.07) is 11.4. The fourth-order valence-electron chi connectivity index (χ4n) is 2.21. The van der Waals surface area contributed by atoms with Crippen LogP contribution in [-0.4, -0.2) is 10.8 Å². The first kappa shape index (κ1) is 17.2. The molecule has 0 aliphatic carbocycles. The topological polar surface area (TPSA) is 42.8 Å². The standard InChI is InChI=1S/C19H16ClN3OS/c1-2-12-23-18(15-7-9-16(20)10-8-15)14-25-19(23)22-21-11-3-5-17-6-4-13-24-17/h2-11,13-14H,1,12H2/b5-3+,21-11+,22-19+. The Kier molecular flexibility index (Phi) is 5.82. The Bertz CT molecular complexity index is 947. The number of aromatic nitrogens is 1. The first-order valence-electron chi connectivity index (χ1n) is 7.60. The zero-order valence-electron chi connectivity index (χ0n) is 13.4. The second-order valence-corrected chi connectivity index (χ2v) is 6.32. The highest BCUT2D eigenvalue weighted by molar-refractivity contribution is 7.07. The third-order valence-electron chi connectivity index (χ3n) is 3.35. The van der Waals surface area contributed by atoms with Crippen molar-refractivity contribution < 1.29 is 4.42 Å². The van der Waals surface area contributed by atoms with Gasteiger partial charge < -0.3 is 8.98 Å². The van der Waals surface area contributed by atoms with Gasteiger partial charge in [-0.15, -0.1) is 23.0 Å². The van der Waals surface area contributed by atoms with Crippen LogP contribution < -0.4 is 4.80 Å². The number of hydrogen-bond donors (Lipinski definition) is 0. The molecule has 0 aliphatic heterocycles. The highest BCUT2D eigenvalue weighted by Crippen LogP contribution is 2.22. The van der Waals surface area contributed by atoms with Gasteiger partial charge in [-0.25, -0.2) is 0 Å². The van der Waals surface area contributed by atoms with Crippen molar-refractivity contribution in [2.24, 2.45) is 10.2 Å². The number of hydrogen-bond acceptors (Lipinski definition) is 4. The molecule has 3 rings (SSSR count). The summed E-state index contributed by atoms with van der Waals surface area (Å²) in [5, 5.41) is 11.2. The van der Waals surface area contributed by atoms with Gasteiger partial charge in [0.2, 0.25) is 4.80 Å². The van der Waals surface area contributed by atoms with E-state index in [9.17, 15) is 0 Å². The first-order chi connectivity index (χ1) is 12.3. The molecule has 0 fully saturated rings. The van der Waals surface area contributed by atoms with Crippen LogP contribution in [0.3, 0.4) is 0 Å². The fraction of sp³-hybridized carbons (Fsp3) is 0.0526. The molecule has 1 aromatic carbocycles. The van der Waals surface area contributed by atoms with Crippen molar-refractivity contribution in [3.8, 4) is 11.3 Å². The highest BCUT2D eigenvalue weighted by atomic mass is 35.5. The molecule has 0 saturated carbocycles. The SMILES string of the molecule is C=CCn1c(-c2ccc(Cl)cc2)cs/c1=N/N=C/C=C/c1ccco1. The van der Waals surface area contributed by atoms with Crippen LogP contribution in [-0.2, 0) is 6.54 Å². The van der Waals surface area contributed by atoms with Crippen LogP contribution in [0, 0.1) is 0 Å². The normalized spacial score (nSPS) is 12.4. The highest BCUT2D eigenvalue weighted by Gasteiger charge is 2.06. The van der Waals surface area contributed by atoms with Crippen LogP contribution in [0.2, 0.25) is 5.02 Å². The number of rotatable bonds is 6. The van der Waals surface area contributed by atoms with Crippen LogP contribution in [0.4, 0.5) is 0 Å². The molecule has 3 aromatic rings. The molecular formula is C19H16ClN3OS. The Balaban J connectivity index is 1.85. The number of halogens is 1. The summed E-state index contributed by atoms with van der Waals surface area (Å²) in [7, 11) is 0. The minimum atomic E-state index is 0.651. The van der Waals surface area contributed by atoms with E-state index < -0.39 is 0 Å². The number of furan rings is 1. The Morgan fingerprint density at radius 2 is 2.08 bits per heavy atom. The van der Waals surface area contributed by atoms with E-state index in [0.29, 0.717) is 11.6 Å². The minimum Gasteiger partial charge on any atom is -0.465 e. The third kappa shape index (κ3) is 4.47. The van der Waals surface area contributed by atoms with Crippen molar-refractivity contribution in [2.75, 3.05) is 0 Å². The zero-order valence-corrected chi connectivity index (χ0v) is 15.0. The predicted octanol–water partition coefficient (Wildman–Crippen LogP) is 5.25. The Morgan fingerprint density at radius 1 is 1.24 bits per heavy atom. The summed E-state index contributed by atoms with van der Waals surface area (Å²) in [4.78, 5) is 0.799. The smallest absolute Gasteiger partial charge is 0.211 e. The monoisotopic (exact) mass is 369 g/mol. The molecular weight excluding hydrogens is 354 g/mol. The maximum atomic E-state index is 5.97. The molecule has 0 unspecified atom stereocenters. The Labute approximate surface area is 154 Å². The van der Waals surface area contributed by atoms with Gasteiger partial charge in [0.15, 0.2) is 0 Å². The molecule has 2 heterocycles. The molecule has 126 valence electrons. The van der Waals surface area contributed by atoms with E-state index in [-0.39, 0.29) is 0 Å². The van der Waals surface area contributed by atoms with E-state index >= 15 is 0 Å². The summed E-state index contributed by atoms with van der Waals surface area (Å²) in [6.07, 6.45) is 8.70. The molecule has 6 heteroatoms. The van der Waals surface area contributed by atoms with Gasteiger partial charge in [0, 0.05) is 23.2 Å². The van der Waals surface area contributed by atoms with Crippen LogP contribution in [0.5, 0.6) is 0 Å². The van der Waals surface area contributed by atoms with Gasteiger partial charge in [-0.1, -0.05) is 29.8 Å². The molecule has 0 amide bonds. The van der Waals surface area contributed by atoms with Crippen molar-refractivity contribution in [1.29, 1.82) is 0 Å². The Hall–Kier alpha value is -2.63. The quantitative estimate of drug-likeness (QED) is 0.332. The second kappa shape index (κ2) is 8.46. The first-order valence-corrected chi connectivity index (χ1v) is 8.86. The maximum Gasteiger partial charge on any atom is 0.211 e. The van der Waals surface area contributed by atoms with Crippen molar-refractivity contribution in [1.82, 2.24) is 4.57 Å². The molecule has 0 aliphatic rings. The molecule has 0 atom stereocenters. The lowest BCUT2D eigenvalue weighted by Gasteiger charge is -2.06. The van der Waals surface area contributed by atoms with Crippen molar-refractivity contribution in [3.63, 3.8) is 0 Å². The van der Waals surface area contributed by atoms with E-state index in [1.54, 1.807) is 18.6 Å². The second-order valence-electron chi connectivity index (χ2n) is 5.05. The van der Waals surface area contributed by atoms with Gasteiger partial charge in [0.25, 0.3) is 0 Å². The average Bonchev–Trinajstić information content (AvgIpc) is 3.26. The molecule has 0 bridgehead atoms. The van der Waals surface area contributed by atoms with Gasteiger partial charge in [-0.05, 0) is 42.0 Å².